The van der Waals surface area contributed by atoms with E-state index in [2.05, 4.69) is 13.0 Å². The summed E-state index contributed by atoms with van der Waals surface area (Å²) in [4.78, 5) is 0. The van der Waals surface area contributed by atoms with Gasteiger partial charge in [-0.25, -0.2) is 0 Å². The molecule has 0 radical (unpaired) electrons. The van der Waals surface area contributed by atoms with E-state index in [-0.39, 0.29) is 0 Å². The third kappa shape index (κ3) is 3.78. The Hall–Kier alpha value is -0.510. The monoisotopic (exact) mass is 315 g/mol. The van der Waals surface area contributed by atoms with E-state index in [0.29, 0.717) is 11.3 Å². The van der Waals surface area contributed by atoms with Crippen molar-refractivity contribution in [3.8, 4) is 6.07 Å². The van der Waals surface area contributed by atoms with E-state index >= 15 is 0 Å². The lowest BCUT2D eigenvalue weighted by Crippen LogP contribution is -2.43. The Bertz CT molecular complexity index is 385. The van der Waals surface area contributed by atoms with Crippen LogP contribution in [-0.4, -0.2) is 0 Å². The quantitative estimate of drug-likeness (QED) is 0.555. The second-order valence-electron chi connectivity index (χ2n) is 8.98. The second-order valence-corrected chi connectivity index (χ2v) is 8.98. The van der Waals surface area contributed by atoms with Crippen molar-refractivity contribution in [3.05, 3.63) is 0 Å². The molecule has 0 aromatic rings. The summed E-state index contributed by atoms with van der Waals surface area (Å²) in [5.74, 6) is 3.36. The van der Waals surface area contributed by atoms with Crippen LogP contribution in [0.4, 0.5) is 0 Å². The van der Waals surface area contributed by atoms with Crippen LogP contribution < -0.4 is 0 Å². The predicted octanol–water partition coefficient (Wildman–Crippen LogP) is 6.87. The first-order valence-corrected chi connectivity index (χ1v) is 10.7. The average Bonchev–Trinajstić information content (AvgIpc) is 2.63. The van der Waals surface area contributed by atoms with Crippen molar-refractivity contribution in [2.75, 3.05) is 0 Å². The van der Waals surface area contributed by atoms with Crippen LogP contribution in [0.2, 0.25) is 0 Å². The van der Waals surface area contributed by atoms with Crippen LogP contribution in [0, 0.1) is 40.4 Å². The molecule has 23 heavy (non-hydrogen) atoms. The van der Waals surface area contributed by atoms with Crippen LogP contribution in [0.5, 0.6) is 0 Å². The van der Waals surface area contributed by atoms with E-state index in [0.717, 1.165) is 17.8 Å². The van der Waals surface area contributed by atoms with Crippen molar-refractivity contribution in [2.24, 2.45) is 29.1 Å². The minimum absolute atomic E-state index is 0.364. The maximum absolute atomic E-state index is 9.33. The van der Waals surface area contributed by atoms with Crippen LogP contribution in [0.15, 0.2) is 0 Å². The van der Waals surface area contributed by atoms with E-state index in [1.807, 2.05) is 0 Å². The average molecular weight is 316 g/mol. The van der Waals surface area contributed by atoms with E-state index in [4.69, 9.17) is 0 Å². The smallest absolute Gasteiger partial charge is 0.0655 e. The van der Waals surface area contributed by atoms with E-state index < -0.39 is 0 Å². The molecule has 3 aliphatic rings. The molecule has 0 atom stereocenters. The highest BCUT2D eigenvalue weighted by Crippen LogP contribution is 2.57. The van der Waals surface area contributed by atoms with Crippen molar-refractivity contribution in [1.29, 1.82) is 5.26 Å². The van der Waals surface area contributed by atoms with Crippen LogP contribution in [0.25, 0.3) is 0 Å². The number of hydrogen-bond acceptors (Lipinski definition) is 1. The SMILES string of the molecule is CCCC1CCC([C@]2(C3CCCCC3)CC[C@H](C#N)CC2)CC1. The Labute approximate surface area is 144 Å². The Balaban J connectivity index is 1.70. The van der Waals surface area contributed by atoms with Gasteiger partial charge in [0.2, 0.25) is 0 Å². The van der Waals surface area contributed by atoms with Gasteiger partial charge in [0.05, 0.1) is 6.07 Å². The molecule has 1 nitrogen and oxygen atoms in total. The Morgan fingerprint density at radius 3 is 2.00 bits per heavy atom. The molecular weight excluding hydrogens is 278 g/mol. The van der Waals surface area contributed by atoms with Gasteiger partial charge in [-0.3, -0.25) is 0 Å². The van der Waals surface area contributed by atoms with Crippen LogP contribution in [0.3, 0.4) is 0 Å². The van der Waals surface area contributed by atoms with Gasteiger partial charge in [0.15, 0.2) is 0 Å². The van der Waals surface area contributed by atoms with Gasteiger partial charge in [-0.15, -0.1) is 0 Å². The minimum atomic E-state index is 0.364. The lowest BCUT2D eigenvalue weighted by atomic mass is 9.52. The first-order chi connectivity index (χ1) is 11.3. The van der Waals surface area contributed by atoms with Gasteiger partial charge in [0, 0.05) is 5.92 Å². The van der Waals surface area contributed by atoms with Gasteiger partial charge < -0.3 is 0 Å². The zero-order valence-electron chi connectivity index (χ0n) is 15.4. The molecule has 0 saturated heterocycles. The van der Waals surface area contributed by atoms with Crippen molar-refractivity contribution in [1.82, 2.24) is 0 Å². The van der Waals surface area contributed by atoms with Crippen LogP contribution in [-0.2, 0) is 0 Å². The number of nitrogens with zero attached hydrogens (tertiary/aromatic N) is 1. The van der Waals surface area contributed by atoms with Crippen molar-refractivity contribution >= 4 is 0 Å². The summed E-state index contributed by atoms with van der Waals surface area (Å²) in [7, 11) is 0. The molecule has 0 N–H and O–H groups in total. The molecule has 3 saturated carbocycles. The summed E-state index contributed by atoms with van der Waals surface area (Å²) in [6, 6.07) is 2.57. The number of hydrogen-bond donors (Lipinski definition) is 0. The van der Waals surface area contributed by atoms with Gasteiger partial charge in [0.1, 0.15) is 0 Å². The van der Waals surface area contributed by atoms with Crippen LogP contribution >= 0.6 is 0 Å². The maximum atomic E-state index is 9.33. The first kappa shape index (κ1) is 17.3. The largest absolute Gasteiger partial charge is 0.198 e. The summed E-state index contributed by atoms with van der Waals surface area (Å²) < 4.78 is 0. The predicted molar refractivity (Wildman–Crippen MR) is 96.9 cm³/mol. The molecule has 0 bridgehead atoms. The summed E-state index contributed by atoms with van der Waals surface area (Å²) in [5.41, 5.74) is 0.630. The molecule has 130 valence electrons. The minimum Gasteiger partial charge on any atom is -0.198 e. The fraction of sp³-hybridized carbons (Fsp3) is 0.955. The molecule has 3 fully saturated rings. The zero-order chi connectivity index (χ0) is 16.1. The maximum Gasteiger partial charge on any atom is 0.0655 e. The molecule has 0 aliphatic heterocycles. The Morgan fingerprint density at radius 1 is 0.826 bits per heavy atom. The fourth-order valence-electron chi connectivity index (χ4n) is 6.55. The van der Waals surface area contributed by atoms with E-state index in [1.54, 1.807) is 0 Å². The highest BCUT2D eigenvalue weighted by atomic mass is 14.5. The first-order valence-electron chi connectivity index (χ1n) is 10.7. The zero-order valence-corrected chi connectivity index (χ0v) is 15.4. The molecule has 3 aliphatic carbocycles. The van der Waals surface area contributed by atoms with Crippen molar-refractivity contribution in [2.45, 2.75) is 103 Å². The summed E-state index contributed by atoms with van der Waals surface area (Å²) >= 11 is 0. The van der Waals surface area contributed by atoms with Gasteiger partial charge in [-0.05, 0) is 74.5 Å². The van der Waals surface area contributed by atoms with Gasteiger partial charge in [0.25, 0.3) is 0 Å². The lowest BCUT2D eigenvalue weighted by molar-refractivity contribution is -0.0258. The van der Waals surface area contributed by atoms with Gasteiger partial charge >= 0.3 is 0 Å². The van der Waals surface area contributed by atoms with E-state index in [1.165, 1.54) is 96.3 Å². The van der Waals surface area contributed by atoms with Crippen LogP contribution in [0.1, 0.15) is 103 Å². The molecule has 0 aromatic carbocycles. The molecule has 1 heteroatoms. The standard InChI is InChI=1S/C22H37N/c1-2-6-18-9-11-21(12-10-18)22(20-7-4-3-5-8-20)15-13-19(17-23)14-16-22/h18-21H,2-16H2,1H3/t18?,19-,21?,22+. The Kier molecular flexibility index (Phi) is 6.06. The summed E-state index contributed by atoms with van der Waals surface area (Å²) in [6.45, 7) is 2.35. The van der Waals surface area contributed by atoms with Gasteiger partial charge in [-0.2, -0.15) is 5.26 Å². The third-order valence-corrected chi connectivity index (χ3v) is 7.87. The molecule has 0 amide bonds. The number of nitriles is 1. The topological polar surface area (TPSA) is 23.8 Å². The number of rotatable bonds is 4. The summed E-state index contributed by atoms with van der Waals surface area (Å²) in [6.07, 6.45) is 21.3. The molecule has 0 heterocycles. The van der Waals surface area contributed by atoms with E-state index in [9.17, 15) is 5.26 Å². The summed E-state index contributed by atoms with van der Waals surface area (Å²) in [5, 5.41) is 9.33. The Morgan fingerprint density at radius 2 is 1.43 bits per heavy atom. The van der Waals surface area contributed by atoms with Crippen molar-refractivity contribution < 1.29 is 0 Å². The molecule has 0 aromatic heterocycles. The highest BCUT2D eigenvalue weighted by Gasteiger charge is 2.47. The highest BCUT2D eigenvalue weighted by molar-refractivity contribution is 5.00. The molecular formula is C22H37N. The molecule has 0 unspecified atom stereocenters. The normalized spacial score (nSPS) is 39.7. The fourth-order valence-corrected chi connectivity index (χ4v) is 6.55. The van der Waals surface area contributed by atoms with Gasteiger partial charge in [-0.1, -0.05) is 51.9 Å². The third-order valence-electron chi connectivity index (χ3n) is 7.87. The second kappa shape index (κ2) is 8.04. The van der Waals surface area contributed by atoms with Crippen molar-refractivity contribution in [3.63, 3.8) is 0 Å². The molecule has 3 rings (SSSR count). The molecule has 0 spiro atoms. The lowest BCUT2D eigenvalue weighted by Gasteiger charge is -2.53.